The summed E-state index contributed by atoms with van der Waals surface area (Å²) < 4.78 is 30.1. The molecule has 0 aliphatic carbocycles. The average molecular weight is 384 g/mol. The molecule has 1 aliphatic rings. The fourth-order valence-electron chi connectivity index (χ4n) is 2.24. The molecule has 1 heterocycles. The van der Waals surface area contributed by atoms with E-state index in [0.29, 0.717) is 5.70 Å². The van der Waals surface area contributed by atoms with Crippen molar-refractivity contribution in [3.8, 4) is 0 Å². The Hall–Kier alpha value is -1.72. The zero-order valence-electron chi connectivity index (χ0n) is 11.2. The number of halogens is 4. The summed E-state index contributed by atoms with van der Waals surface area (Å²) in [7, 11) is 0. The third-order valence-electron chi connectivity index (χ3n) is 3.30. The van der Waals surface area contributed by atoms with E-state index in [9.17, 15) is 8.78 Å². The molecule has 1 aliphatic heterocycles. The van der Waals surface area contributed by atoms with Crippen molar-refractivity contribution in [3.63, 3.8) is 0 Å². The summed E-state index contributed by atoms with van der Waals surface area (Å²) in [4.78, 5) is 4.10. The Morgan fingerprint density at radius 3 is 2.32 bits per heavy atom. The first-order valence-corrected chi connectivity index (χ1v) is 7.59. The number of allylic oxidation sites excluding steroid dienone is 1. The van der Waals surface area contributed by atoms with Crippen molar-refractivity contribution in [2.75, 3.05) is 0 Å². The van der Waals surface area contributed by atoms with Crippen LogP contribution in [0.25, 0.3) is 5.70 Å². The van der Waals surface area contributed by atoms with Crippen LogP contribution in [0.3, 0.4) is 0 Å². The predicted molar refractivity (Wildman–Crippen MR) is 87.4 cm³/mol. The quantitative estimate of drug-likeness (QED) is 0.642. The Kier molecular flexibility index (Phi) is 4.27. The minimum atomic E-state index is -0.952. The average Bonchev–Trinajstić information content (AvgIpc) is 2.50. The first kappa shape index (κ1) is 15.2. The van der Waals surface area contributed by atoms with Crippen molar-refractivity contribution in [1.29, 1.82) is 0 Å². The van der Waals surface area contributed by atoms with E-state index in [2.05, 4.69) is 20.9 Å². The van der Waals surface area contributed by atoms with E-state index in [1.165, 1.54) is 28.8 Å². The van der Waals surface area contributed by atoms with Gasteiger partial charge >= 0.3 is 0 Å². The molecule has 0 aromatic heterocycles. The number of aliphatic imine (C=N–C) groups is 1. The van der Waals surface area contributed by atoms with Crippen LogP contribution >= 0.6 is 27.7 Å². The van der Waals surface area contributed by atoms with Gasteiger partial charge in [-0.1, -0.05) is 34.1 Å². The van der Waals surface area contributed by atoms with E-state index in [4.69, 9.17) is 11.8 Å². The van der Waals surface area contributed by atoms with Gasteiger partial charge in [0.25, 0.3) is 0 Å². The molecule has 0 bridgehead atoms. The van der Waals surface area contributed by atoms with E-state index >= 15 is 0 Å². The summed E-state index contributed by atoms with van der Waals surface area (Å²) in [5.74, 6) is -1.35. The van der Waals surface area contributed by atoms with Gasteiger partial charge in [-0.05, 0) is 35.9 Å². The van der Waals surface area contributed by atoms with Gasteiger partial charge in [0.1, 0.15) is 11.6 Å². The highest BCUT2D eigenvalue weighted by molar-refractivity contribution is 9.10. The van der Waals surface area contributed by atoms with Gasteiger partial charge in [-0.3, -0.25) is 9.41 Å². The zero-order chi connectivity index (χ0) is 15.7. The molecule has 2 aromatic carbocycles. The molecule has 22 heavy (non-hydrogen) atoms. The van der Waals surface area contributed by atoms with Gasteiger partial charge in [-0.2, -0.15) is 0 Å². The van der Waals surface area contributed by atoms with E-state index in [1.54, 1.807) is 6.08 Å². The minimum Gasteiger partial charge on any atom is -0.262 e. The number of benzene rings is 2. The fraction of sp³-hybridized carbons (Fsp3) is 0.0625. The number of hydrogen-bond donors (Lipinski definition) is 0. The van der Waals surface area contributed by atoms with Gasteiger partial charge in [-0.15, -0.1) is 0 Å². The Balaban J connectivity index is 2.00. The van der Waals surface area contributed by atoms with Crippen molar-refractivity contribution in [1.82, 2.24) is 4.42 Å². The molecule has 3 rings (SSSR count). The van der Waals surface area contributed by atoms with Crippen LogP contribution in [0.1, 0.15) is 17.3 Å². The maximum absolute atomic E-state index is 14.0. The maximum Gasteiger partial charge on any atom is 0.167 e. The van der Waals surface area contributed by atoms with Gasteiger partial charge in [0.05, 0.1) is 11.3 Å². The highest BCUT2D eigenvalue weighted by Crippen LogP contribution is 2.37. The lowest BCUT2D eigenvalue weighted by Gasteiger charge is -2.29. The standard InChI is InChI=1S/C16H10BrClF2N2/c17-11-6-4-10(5-7-11)14-8-9-21-16(22(14)18)15-12(19)2-1-3-13(15)20/h1-9,16H. The highest BCUT2D eigenvalue weighted by atomic mass is 79.9. The van der Waals surface area contributed by atoms with Gasteiger partial charge in [0.2, 0.25) is 0 Å². The molecular weight excluding hydrogens is 374 g/mol. The molecule has 0 N–H and O–H groups in total. The molecule has 0 saturated carbocycles. The first-order chi connectivity index (χ1) is 10.6. The molecule has 0 spiro atoms. The number of nitrogens with zero attached hydrogens (tertiary/aromatic N) is 2. The lowest BCUT2D eigenvalue weighted by atomic mass is 10.1. The van der Waals surface area contributed by atoms with Crippen LogP contribution < -0.4 is 0 Å². The van der Waals surface area contributed by atoms with Gasteiger partial charge in [-0.25, -0.2) is 8.78 Å². The summed E-state index contributed by atoms with van der Waals surface area (Å²) in [6.07, 6.45) is 2.25. The van der Waals surface area contributed by atoms with Gasteiger partial charge in [0.15, 0.2) is 6.17 Å². The number of hydrogen-bond acceptors (Lipinski definition) is 2. The van der Waals surface area contributed by atoms with Crippen molar-refractivity contribution in [2.45, 2.75) is 6.17 Å². The highest BCUT2D eigenvalue weighted by Gasteiger charge is 2.28. The van der Waals surface area contributed by atoms with Crippen LogP contribution in [0, 0.1) is 11.6 Å². The third-order valence-corrected chi connectivity index (χ3v) is 4.20. The second-order valence-electron chi connectivity index (χ2n) is 4.68. The lowest BCUT2D eigenvalue weighted by molar-refractivity contribution is 0.427. The molecule has 1 unspecified atom stereocenters. The van der Waals surface area contributed by atoms with E-state index < -0.39 is 17.8 Å². The third kappa shape index (κ3) is 2.78. The first-order valence-electron chi connectivity index (χ1n) is 6.46. The molecule has 2 nitrogen and oxygen atoms in total. The molecule has 0 fully saturated rings. The minimum absolute atomic E-state index is 0.170. The predicted octanol–water partition coefficient (Wildman–Crippen LogP) is 5.31. The van der Waals surface area contributed by atoms with Crippen molar-refractivity contribution >= 4 is 39.6 Å². The second kappa shape index (κ2) is 6.18. The van der Waals surface area contributed by atoms with E-state index in [0.717, 1.165) is 10.0 Å². The van der Waals surface area contributed by atoms with Crippen molar-refractivity contribution in [3.05, 3.63) is 75.8 Å². The maximum atomic E-state index is 14.0. The topological polar surface area (TPSA) is 15.6 Å². The molecule has 1 atom stereocenters. The summed E-state index contributed by atoms with van der Waals surface area (Å²) in [5, 5.41) is 0. The van der Waals surface area contributed by atoms with Gasteiger partial charge in [0, 0.05) is 22.5 Å². The van der Waals surface area contributed by atoms with Crippen LogP contribution in [0.15, 0.2) is 58.0 Å². The van der Waals surface area contributed by atoms with Crippen LogP contribution in [0.2, 0.25) is 0 Å². The van der Waals surface area contributed by atoms with Crippen LogP contribution in [-0.2, 0) is 0 Å². The normalized spacial score (nSPS) is 17.5. The molecule has 112 valence electrons. The molecule has 2 aromatic rings. The summed E-state index contributed by atoms with van der Waals surface area (Å²) in [6, 6.07) is 11.1. The Bertz CT molecular complexity index is 739. The van der Waals surface area contributed by atoms with Crippen molar-refractivity contribution < 1.29 is 8.78 Å². The molecule has 0 radical (unpaired) electrons. The van der Waals surface area contributed by atoms with Crippen molar-refractivity contribution in [2.24, 2.45) is 4.99 Å². The second-order valence-corrected chi connectivity index (χ2v) is 5.96. The van der Waals surface area contributed by atoms with Crippen LogP contribution in [0.4, 0.5) is 8.78 Å². The summed E-state index contributed by atoms with van der Waals surface area (Å²) >= 11 is 9.67. The zero-order valence-corrected chi connectivity index (χ0v) is 13.5. The Labute approximate surface area is 140 Å². The van der Waals surface area contributed by atoms with Crippen LogP contribution in [0.5, 0.6) is 0 Å². The Morgan fingerprint density at radius 1 is 1.05 bits per heavy atom. The summed E-state index contributed by atoms with van der Waals surface area (Å²) in [5.41, 5.74) is 1.28. The SMILES string of the molecule is Fc1cccc(F)c1C1N=CC=C(c2ccc(Br)cc2)N1Cl. The summed E-state index contributed by atoms with van der Waals surface area (Å²) in [6.45, 7) is 0. The molecular formula is C16H10BrClF2N2. The fourth-order valence-corrected chi connectivity index (χ4v) is 2.81. The molecule has 0 amide bonds. The largest absolute Gasteiger partial charge is 0.262 e. The van der Waals surface area contributed by atoms with E-state index in [-0.39, 0.29) is 5.56 Å². The number of rotatable bonds is 2. The van der Waals surface area contributed by atoms with Gasteiger partial charge < -0.3 is 0 Å². The smallest absolute Gasteiger partial charge is 0.167 e. The lowest BCUT2D eigenvalue weighted by Crippen LogP contribution is -2.22. The monoisotopic (exact) mass is 382 g/mol. The molecule has 6 heteroatoms. The Morgan fingerprint density at radius 2 is 1.68 bits per heavy atom. The van der Waals surface area contributed by atoms with Crippen LogP contribution in [-0.4, -0.2) is 10.6 Å². The van der Waals surface area contributed by atoms with E-state index in [1.807, 2.05) is 24.3 Å². The molecule has 0 saturated heterocycles.